The number of ether oxygens (including phenoxy) is 2. The van der Waals surface area contributed by atoms with Gasteiger partial charge in [0, 0.05) is 39.3 Å². The molecular weight excluding hydrogens is 495 g/mol. The van der Waals surface area contributed by atoms with E-state index in [1.807, 2.05) is 30.7 Å². The third-order valence-corrected chi connectivity index (χ3v) is 4.93. The average molecular weight is 530 g/mol. The topological polar surface area (TPSA) is 85.6 Å². The Balaban J connectivity index is 0.00000450. The molecule has 1 aromatic carbocycles. The number of nitrogens with zero attached hydrogens (tertiary/aromatic N) is 4. The fraction of sp³-hybridized carbons (Fsp3) is 0.571. The van der Waals surface area contributed by atoms with Crippen molar-refractivity contribution in [1.29, 1.82) is 0 Å². The van der Waals surface area contributed by atoms with E-state index >= 15 is 0 Å². The van der Waals surface area contributed by atoms with Crippen LogP contribution < -0.4 is 15.4 Å². The molecule has 0 unspecified atom stereocenters. The molecule has 0 saturated carbocycles. The normalized spacial score (nSPS) is 11.7. The lowest BCUT2D eigenvalue weighted by molar-refractivity contribution is 0.195. The minimum atomic E-state index is -0.106. The number of rotatable bonds is 10. The van der Waals surface area contributed by atoms with Gasteiger partial charge in [-0.3, -0.25) is 0 Å². The lowest BCUT2D eigenvalue weighted by Gasteiger charge is -2.27. The molecule has 1 aromatic heterocycles. The van der Waals surface area contributed by atoms with Crippen LogP contribution in [0.15, 0.2) is 29.3 Å². The highest BCUT2D eigenvalue weighted by Crippen LogP contribution is 2.25. The Hall–Kier alpha value is -1.88. The van der Waals surface area contributed by atoms with Gasteiger partial charge in [-0.05, 0) is 31.0 Å². The molecule has 1 heterocycles. The van der Waals surface area contributed by atoms with E-state index in [-0.39, 0.29) is 29.4 Å². The predicted octanol–water partition coefficient (Wildman–Crippen LogP) is 2.80. The third-order valence-electron chi connectivity index (χ3n) is 4.93. The van der Waals surface area contributed by atoms with Crippen LogP contribution in [-0.2, 0) is 23.7 Å². The minimum Gasteiger partial charge on any atom is -0.497 e. The van der Waals surface area contributed by atoms with Gasteiger partial charge in [-0.15, -0.1) is 34.2 Å². The lowest BCUT2D eigenvalue weighted by Crippen LogP contribution is -2.44. The summed E-state index contributed by atoms with van der Waals surface area (Å²) in [5, 5.41) is 15.1. The molecule has 2 rings (SSSR count). The minimum absolute atomic E-state index is 0. The number of benzene rings is 1. The van der Waals surface area contributed by atoms with Crippen LogP contribution in [0.5, 0.6) is 5.75 Å². The molecule has 30 heavy (non-hydrogen) atoms. The van der Waals surface area contributed by atoms with Crippen LogP contribution in [-0.4, -0.2) is 54.6 Å². The number of hydrogen-bond donors (Lipinski definition) is 2. The molecule has 0 spiro atoms. The largest absolute Gasteiger partial charge is 0.497 e. The Bertz CT molecular complexity index is 807. The number of methoxy groups -OCH3 is 2. The number of guanidine groups is 1. The van der Waals surface area contributed by atoms with Crippen LogP contribution >= 0.6 is 24.0 Å². The van der Waals surface area contributed by atoms with Crippen molar-refractivity contribution in [2.75, 3.05) is 33.9 Å². The van der Waals surface area contributed by atoms with Gasteiger partial charge in [-0.25, -0.2) is 4.99 Å². The van der Waals surface area contributed by atoms with E-state index in [1.54, 1.807) is 14.2 Å². The Morgan fingerprint density at radius 3 is 2.60 bits per heavy atom. The molecule has 0 aliphatic rings. The molecule has 9 heteroatoms. The van der Waals surface area contributed by atoms with Crippen LogP contribution in [0.25, 0.3) is 0 Å². The third kappa shape index (κ3) is 7.75. The molecule has 0 saturated heterocycles. The summed E-state index contributed by atoms with van der Waals surface area (Å²) in [4.78, 5) is 4.70. The molecule has 8 nitrogen and oxygen atoms in total. The van der Waals surface area contributed by atoms with Crippen LogP contribution in [0, 0.1) is 6.92 Å². The van der Waals surface area contributed by atoms with Crippen molar-refractivity contribution in [3.8, 4) is 5.75 Å². The molecular formula is C21H35IN6O2. The molecule has 168 valence electrons. The van der Waals surface area contributed by atoms with Gasteiger partial charge in [0.25, 0.3) is 0 Å². The average Bonchev–Trinajstić information content (AvgIpc) is 3.04. The second-order valence-corrected chi connectivity index (χ2v) is 7.63. The highest BCUT2D eigenvalue weighted by Gasteiger charge is 2.21. The number of hydrogen-bond acceptors (Lipinski definition) is 5. The number of halogens is 1. The highest BCUT2D eigenvalue weighted by molar-refractivity contribution is 14.0. The van der Waals surface area contributed by atoms with Crippen LogP contribution in [0.1, 0.15) is 37.5 Å². The summed E-state index contributed by atoms with van der Waals surface area (Å²) in [7, 11) is 5.35. The maximum absolute atomic E-state index is 5.37. The second-order valence-electron chi connectivity index (χ2n) is 7.63. The maximum atomic E-state index is 5.37. The summed E-state index contributed by atoms with van der Waals surface area (Å²) >= 11 is 0. The second kappa shape index (κ2) is 12.7. The van der Waals surface area contributed by atoms with Crippen molar-refractivity contribution >= 4 is 29.9 Å². The summed E-state index contributed by atoms with van der Waals surface area (Å²) in [6.45, 7) is 8.98. The Kier molecular flexibility index (Phi) is 11.1. The van der Waals surface area contributed by atoms with Gasteiger partial charge in [-0.1, -0.05) is 26.0 Å². The van der Waals surface area contributed by atoms with Crippen LogP contribution in [0.4, 0.5) is 0 Å². The van der Waals surface area contributed by atoms with E-state index in [0.29, 0.717) is 19.7 Å². The molecule has 0 fully saturated rings. The van der Waals surface area contributed by atoms with E-state index in [4.69, 9.17) is 14.5 Å². The lowest BCUT2D eigenvalue weighted by atomic mass is 9.84. The first-order chi connectivity index (χ1) is 13.9. The van der Waals surface area contributed by atoms with Gasteiger partial charge in [-0.2, -0.15) is 0 Å². The van der Waals surface area contributed by atoms with Crippen molar-refractivity contribution in [3.63, 3.8) is 0 Å². The smallest absolute Gasteiger partial charge is 0.191 e. The Labute approximate surface area is 196 Å². The van der Waals surface area contributed by atoms with Crippen molar-refractivity contribution < 1.29 is 9.47 Å². The first-order valence-electron chi connectivity index (χ1n) is 9.88. The SMILES string of the molecule is COCCCNC(=NCc1nnc(C)n1C)NCC(C)(C)c1cccc(OC)c1.I. The Morgan fingerprint density at radius 1 is 1.20 bits per heavy atom. The van der Waals surface area contributed by atoms with Crippen LogP contribution in [0.2, 0.25) is 0 Å². The maximum Gasteiger partial charge on any atom is 0.191 e. The predicted molar refractivity (Wildman–Crippen MR) is 131 cm³/mol. The quantitative estimate of drug-likeness (QED) is 0.213. The van der Waals surface area contributed by atoms with E-state index in [9.17, 15) is 0 Å². The van der Waals surface area contributed by atoms with Gasteiger partial charge in [0.1, 0.15) is 18.1 Å². The molecule has 0 amide bonds. The van der Waals surface area contributed by atoms with Crippen LogP contribution in [0.3, 0.4) is 0 Å². The standard InChI is InChI=1S/C21H34N6O2.HI/c1-16-25-26-19(27(16)4)14-23-20(22-11-8-12-28-5)24-15-21(2,3)17-9-7-10-18(13-17)29-6;/h7,9-10,13H,8,11-12,14-15H2,1-6H3,(H2,22,23,24);1H. The van der Waals surface area contributed by atoms with E-state index < -0.39 is 0 Å². The molecule has 0 bridgehead atoms. The van der Waals surface area contributed by atoms with E-state index in [0.717, 1.165) is 36.3 Å². The first-order valence-corrected chi connectivity index (χ1v) is 9.88. The number of aryl methyl sites for hydroxylation is 1. The number of aromatic nitrogens is 3. The summed E-state index contributed by atoms with van der Waals surface area (Å²) in [6.07, 6.45) is 0.902. The number of nitrogens with one attached hydrogen (secondary N) is 2. The van der Waals surface area contributed by atoms with Crippen molar-refractivity contribution in [3.05, 3.63) is 41.5 Å². The van der Waals surface area contributed by atoms with Crippen molar-refractivity contribution in [2.45, 2.75) is 39.2 Å². The molecule has 0 aliphatic heterocycles. The summed E-state index contributed by atoms with van der Waals surface area (Å²) in [5.74, 6) is 3.31. The first kappa shape index (κ1) is 26.2. The van der Waals surface area contributed by atoms with Crippen molar-refractivity contribution in [1.82, 2.24) is 25.4 Å². The molecule has 0 atom stereocenters. The fourth-order valence-corrected chi connectivity index (χ4v) is 2.79. The zero-order valence-corrected chi connectivity index (χ0v) is 21.2. The van der Waals surface area contributed by atoms with Gasteiger partial charge < -0.3 is 24.7 Å². The van der Waals surface area contributed by atoms with Gasteiger partial charge in [0.2, 0.25) is 0 Å². The molecule has 0 radical (unpaired) electrons. The molecule has 2 N–H and O–H groups in total. The van der Waals surface area contributed by atoms with E-state index in [2.05, 4.69) is 46.8 Å². The van der Waals surface area contributed by atoms with Crippen molar-refractivity contribution in [2.24, 2.45) is 12.0 Å². The summed E-state index contributed by atoms with van der Waals surface area (Å²) < 4.78 is 12.5. The Morgan fingerprint density at radius 2 is 1.97 bits per heavy atom. The van der Waals surface area contributed by atoms with Gasteiger partial charge in [0.05, 0.1) is 7.11 Å². The van der Waals surface area contributed by atoms with E-state index in [1.165, 1.54) is 5.56 Å². The number of aliphatic imine (C=N–C) groups is 1. The summed E-state index contributed by atoms with van der Waals surface area (Å²) in [5.41, 5.74) is 1.09. The highest BCUT2D eigenvalue weighted by atomic mass is 127. The molecule has 0 aliphatic carbocycles. The zero-order valence-electron chi connectivity index (χ0n) is 18.9. The van der Waals surface area contributed by atoms with Gasteiger partial charge >= 0.3 is 0 Å². The fourth-order valence-electron chi connectivity index (χ4n) is 2.79. The summed E-state index contributed by atoms with van der Waals surface area (Å²) in [6, 6.07) is 8.17. The molecule has 2 aromatic rings. The monoisotopic (exact) mass is 530 g/mol. The zero-order chi connectivity index (χ0) is 21.3. The van der Waals surface area contributed by atoms with Gasteiger partial charge in [0.15, 0.2) is 11.8 Å².